The molecule has 0 spiro atoms. The molecule has 0 aromatic carbocycles. The lowest BCUT2D eigenvalue weighted by Crippen LogP contribution is -2.36. The summed E-state index contributed by atoms with van der Waals surface area (Å²) >= 11 is 0. The van der Waals surface area contributed by atoms with Crippen LogP contribution in [0.3, 0.4) is 0 Å². The van der Waals surface area contributed by atoms with Gasteiger partial charge in [-0.3, -0.25) is 4.98 Å². The third-order valence-electron chi connectivity index (χ3n) is 3.16. The van der Waals surface area contributed by atoms with Crippen molar-refractivity contribution in [1.29, 1.82) is 0 Å². The van der Waals surface area contributed by atoms with Crippen LogP contribution in [0.25, 0.3) is 11.6 Å². The van der Waals surface area contributed by atoms with Crippen molar-refractivity contribution in [3.05, 3.63) is 23.9 Å². The Morgan fingerprint density at radius 1 is 1.26 bits per heavy atom. The van der Waals surface area contributed by atoms with Crippen LogP contribution >= 0.6 is 0 Å². The predicted molar refractivity (Wildman–Crippen MR) is 69.9 cm³/mol. The van der Waals surface area contributed by atoms with E-state index in [4.69, 9.17) is 9.26 Å². The van der Waals surface area contributed by atoms with Crippen LogP contribution in [0.15, 0.2) is 22.9 Å². The summed E-state index contributed by atoms with van der Waals surface area (Å²) < 4.78 is 10.6. The third kappa shape index (κ3) is 2.58. The predicted octanol–water partition coefficient (Wildman–Crippen LogP) is 1.53. The second-order valence-corrected chi connectivity index (χ2v) is 4.40. The SMILES string of the molecule is CCc1ccc(-c2nc(N3CCOCC3)no2)nc1. The van der Waals surface area contributed by atoms with Crippen LogP contribution in [0.2, 0.25) is 0 Å². The number of hydrogen-bond acceptors (Lipinski definition) is 6. The van der Waals surface area contributed by atoms with E-state index in [0.717, 1.165) is 19.5 Å². The molecule has 3 rings (SSSR count). The monoisotopic (exact) mass is 260 g/mol. The van der Waals surface area contributed by atoms with Crippen molar-refractivity contribution < 1.29 is 9.26 Å². The van der Waals surface area contributed by atoms with Gasteiger partial charge in [0.15, 0.2) is 0 Å². The van der Waals surface area contributed by atoms with E-state index >= 15 is 0 Å². The molecular formula is C13H16N4O2. The quantitative estimate of drug-likeness (QED) is 0.834. The number of hydrogen-bond donors (Lipinski definition) is 0. The summed E-state index contributed by atoms with van der Waals surface area (Å²) in [6.45, 7) is 5.09. The lowest BCUT2D eigenvalue weighted by atomic mass is 10.2. The first kappa shape index (κ1) is 12.1. The molecule has 100 valence electrons. The molecule has 0 amide bonds. The van der Waals surface area contributed by atoms with Gasteiger partial charge in [0.1, 0.15) is 5.69 Å². The average Bonchev–Trinajstić information content (AvgIpc) is 2.98. The minimum Gasteiger partial charge on any atom is -0.378 e. The van der Waals surface area contributed by atoms with Crippen molar-refractivity contribution in [2.45, 2.75) is 13.3 Å². The largest absolute Gasteiger partial charge is 0.378 e. The van der Waals surface area contributed by atoms with E-state index < -0.39 is 0 Å². The molecule has 1 aliphatic heterocycles. The van der Waals surface area contributed by atoms with Crippen molar-refractivity contribution in [3.8, 4) is 11.6 Å². The molecule has 0 N–H and O–H groups in total. The van der Waals surface area contributed by atoms with Crippen molar-refractivity contribution in [1.82, 2.24) is 15.1 Å². The van der Waals surface area contributed by atoms with Gasteiger partial charge in [0.2, 0.25) is 0 Å². The zero-order valence-corrected chi connectivity index (χ0v) is 10.9. The summed E-state index contributed by atoms with van der Waals surface area (Å²) in [5.74, 6) is 1.07. The van der Waals surface area contributed by atoms with Gasteiger partial charge in [0.25, 0.3) is 11.8 Å². The Kier molecular flexibility index (Phi) is 3.41. The van der Waals surface area contributed by atoms with Gasteiger partial charge in [-0.2, -0.15) is 4.98 Å². The first-order valence-corrected chi connectivity index (χ1v) is 6.48. The van der Waals surface area contributed by atoms with Crippen molar-refractivity contribution in [2.24, 2.45) is 0 Å². The van der Waals surface area contributed by atoms with Crippen LogP contribution < -0.4 is 4.90 Å². The van der Waals surface area contributed by atoms with E-state index in [0.29, 0.717) is 30.7 Å². The summed E-state index contributed by atoms with van der Waals surface area (Å²) in [5.41, 5.74) is 1.90. The van der Waals surface area contributed by atoms with Crippen LogP contribution in [0.1, 0.15) is 12.5 Å². The van der Waals surface area contributed by atoms with E-state index in [1.165, 1.54) is 5.56 Å². The lowest BCUT2D eigenvalue weighted by molar-refractivity contribution is 0.121. The Labute approximate surface area is 111 Å². The molecule has 19 heavy (non-hydrogen) atoms. The lowest BCUT2D eigenvalue weighted by Gasteiger charge is -2.24. The van der Waals surface area contributed by atoms with Gasteiger partial charge in [0, 0.05) is 19.3 Å². The maximum Gasteiger partial charge on any atom is 0.278 e. The third-order valence-corrected chi connectivity index (χ3v) is 3.16. The maximum absolute atomic E-state index is 5.30. The average molecular weight is 260 g/mol. The number of morpholine rings is 1. The fourth-order valence-corrected chi connectivity index (χ4v) is 1.97. The van der Waals surface area contributed by atoms with Crippen molar-refractivity contribution >= 4 is 5.95 Å². The Morgan fingerprint density at radius 2 is 2.11 bits per heavy atom. The number of aryl methyl sites for hydroxylation is 1. The molecule has 1 fully saturated rings. The van der Waals surface area contributed by atoms with Gasteiger partial charge in [-0.15, -0.1) is 0 Å². The fourth-order valence-electron chi connectivity index (χ4n) is 1.97. The zero-order chi connectivity index (χ0) is 13.1. The number of rotatable bonds is 3. The first-order chi connectivity index (χ1) is 9.36. The molecule has 0 aliphatic carbocycles. The Hall–Kier alpha value is -1.95. The maximum atomic E-state index is 5.30. The Bertz CT molecular complexity index is 532. The fraction of sp³-hybridized carbons (Fsp3) is 0.462. The molecule has 3 heterocycles. The molecule has 6 heteroatoms. The number of nitrogens with zero attached hydrogens (tertiary/aromatic N) is 4. The molecule has 6 nitrogen and oxygen atoms in total. The highest BCUT2D eigenvalue weighted by Crippen LogP contribution is 2.19. The van der Waals surface area contributed by atoms with Crippen LogP contribution in [-0.4, -0.2) is 41.4 Å². The number of aromatic nitrogens is 3. The van der Waals surface area contributed by atoms with Crippen molar-refractivity contribution in [2.75, 3.05) is 31.2 Å². The van der Waals surface area contributed by atoms with Gasteiger partial charge >= 0.3 is 0 Å². The molecule has 0 bridgehead atoms. The highest BCUT2D eigenvalue weighted by atomic mass is 16.5. The zero-order valence-electron chi connectivity index (χ0n) is 10.9. The Morgan fingerprint density at radius 3 is 2.79 bits per heavy atom. The van der Waals surface area contributed by atoms with E-state index in [-0.39, 0.29) is 0 Å². The second-order valence-electron chi connectivity index (χ2n) is 4.40. The molecule has 0 atom stereocenters. The van der Waals surface area contributed by atoms with E-state index in [1.807, 2.05) is 18.3 Å². The second kappa shape index (κ2) is 5.36. The molecule has 2 aromatic rings. The number of pyridine rings is 1. The first-order valence-electron chi connectivity index (χ1n) is 6.48. The van der Waals surface area contributed by atoms with Crippen LogP contribution in [-0.2, 0) is 11.2 Å². The van der Waals surface area contributed by atoms with E-state index in [9.17, 15) is 0 Å². The van der Waals surface area contributed by atoms with Crippen LogP contribution in [0.5, 0.6) is 0 Å². The van der Waals surface area contributed by atoms with Gasteiger partial charge < -0.3 is 14.2 Å². The van der Waals surface area contributed by atoms with E-state index in [2.05, 4.69) is 26.9 Å². The van der Waals surface area contributed by atoms with Gasteiger partial charge in [-0.25, -0.2) is 0 Å². The van der Waals surface area contributed by atoms with Crippen LogP contribution in [0, 0.1) is 0 Å². The van der Waals surface area contributed by atoms with Gasteiger partial charge in [-0.05, 0) is 23.2 Å². The normalized spacial score (nSPS) is 15.7. The minimum atomic E-state index is 0.462. The van der Waals surface area contributed by atoms with Crippen LogP contribution in [0.4, 0.5) is 5.95 Å². The smallest absolute Gasteiger partial charge is 0.278 e. The summed E-state index contributed by atoms with van der Waals surface area (Å²) in [6, 6.07) is 3.94. The summed E-state index contributed by atoms with van der Waals surface area (Å²) in [5, 5.41) is 4.00. The molecule has 0 radical (unpaired) electrons. The standard InChI is InChI=1S/C13H16N4O2/c1-2-10-3-4-11(14-9-10)12-15-13(16-19-12)17-5-7-18-8-6-17/h3-4,9H,2,5-8H2,1H3. The molecule has 0 unspecified atom stereocenters. The highest BCUT2D eigenvalue weighted by molar-refractivity contribution is 5.49. The summed E-state index contributed by atoms with van der Waals surface area (Å²) in [4.78, 5) is 10.8. The Balaban J connectivity index is 1.79. The molecular weight excluding hydrogens is 244 g/mol. The minimum absolute atomic E-state index is 0.462. The van der Waals surface area contributed by atoms with Gasteiger partial charge in [0.05, 0.1) is 13.2 Å². The highest BCUT2D eigenvalue weighted by Gasteiger charge is 2.18. The molecule has 0 saturated carbocycles. The number of ether oxygens (including phenoxy) is 1. The van der Waals surface area contributed by atoms with Crippen molar-refractivity contribution in [3.63, 3.8) is 0 Å². The summed E-state index contributed by atoms with van der Waals surface area (Å²) in [7, 11) is 0. The topological polar surface area (TPSA) is 64.3 Å². The molecule has 1 saturated heterocycles. The van der Waals surface area contributed by atoms with E-state index in [1.54, 1.807) is 0 Å². The summed E-state index contributed by atoms with van der Waals surface area (Å²) in [6.07, 6.45) is 2.81. The molecule has 2 aromatic heterocycles. The van der Waals surface area contributed by atoms with Gasteiger partial charge in [-0.1, -0.05) is 13.0 Å². The number of anilines is 1. The molecule has 1 aliphatic rings.